The Morgan fingerprint density at radius 2 is 2.30 bits per heavy atom. The summed E-state index contributed by atoms with van der Waals surface area (Å²) in [5, 5.41) is 0. The van der Waals surface area contributed by atoms with Crippen molar-refractivity contribution < 1.29 is 19.1 Å². The average molecular weight is 275 g/mol. The SMILES string of the molecule is CC(=O)Oc1ccc(N2CCCC2=O)cc1CC1CO1. The summed E-state index contributed by atoms with van der Waals surface area (Å²) in [5.74, 6) is 0.371. The minimum atomic E-state index is -0.340. The first-order valence-electron chi connectivity index (χ1n) is 6.87. The van der Waals surface area contributed by atoms with Crippen molar-refractivity contribution in [2.24, 2.45) is 0 Å². The molecule has 0 saturated carbocycles. The lowest BCUT2D eigenvalue weighted by molar-refractivity contribution is -0.132. The van der Waals surface area contributed by atoms with E-state index in [0.29, 0.717) is 18.6 Å². The van der Waals surface area contributed by atoms with E-state index in [0.717, 1.165) is 30.8 Å². The third-order valence-electron chi connectivity index (χ3n) is 3.53. The van der Waals surface area contributed by atoms with E-state index in [2.05, 4.69) is 0 Å². The number of ether oxygens (including phenoxy) is 2. The first-order valence-corrected chi connectivity index (χ1v) is 6.87. The van der Waals surface area contributed by atoms with Crippen LogP contribution < -0.4 is 9.64 Å². The fourth-order valence-corrected chi connectivity index (χ4v) is 2.50. The minimum Gasteiger partial charge on any atom is -0.426 e. The van der Waals surface area contributed by atoms with Crippen molar-refractivity contribution in [3.63, 3.8) is 0 Å². The second-order valence-corrected chi connectivity index (χ2v) is 5.19. The van der Waals surface area contributed by atoms with Gasteiger partial charge >= 0.3 is 5.97 Å². The number of amides is 1. The van der Waals surface area contributed by atoms with E-state index >= 15 is 0 Å². The van der Waals surface area contributed by atoms with Crippen molar-refractivity contribution in [1.29, 1.82) is 0 Å². The van der Waals surface area contributed by atoms with E-state index in [1.54, 1.807) is 11.0 Å². The third kappa shape index (κ3) is 2.82. The first-order chi connectivity index (χ1) is 9.63. The Kier molecular flexibility index (Phi) is 3.44. The Hall–Kier alpha value is -1.88. The Morgan fingerprint density at radius 3 is 2.90 bits per heavy atom. The van der Waals surface area contributed by atoms with Gasteiger partial charge in [-0.25, -0.2) is 0 Å². The highest BCUT2D eigenvalue weighted by molar-refractivity contribution is 5.95. The average Bonchev–Trinajstić information content (AvgIpc) is 3.11. The lowest BCUT2D eigenvalue weighted by atomic mass is 10.1. The molecule has 106 valence electrons. The normalized spacial score (nSPS) is 21.1. The molecule has 1 amide bonds. The third-order valence-corrected chi connectivity index (χ3v) is 3.53. The smallest absolute Gasteiger partial charge is 0.308 e. The molecule has 0 N–H and O–H groups in total. The van der Waals surface area contributed by atoms with E-state index in [9.17, 15) is 9.59 Å². The number of hydrogen-bond acceptors (Lipinski definition) is 4. The van der Waals surface area contributed by atoms with Gasteiger partial charge in [0.05, 0.1) is 12.7 Å². The molecule has 0 aliphatic carbocycles. The molecule has 20 heavy (non-hydrogen) atoms. The Labute approximate surface area is 117 Å². The minimum absolute atomic E-state index is 0.152. The Balaban J connectivity index is 1.88. The summed E-state index contributed by atoms with van der Waals surface area (Å²) in [6.45, 7) is 2.88. The van der Waals surface area contributed by atoms with E-state index in [4.69, 9.17) is 9.47 Å². The molecule has 1 unspecified atom stereocenters. The van der Waals surface area contributed by atoms with E-state index in [1.165, 1.54) is 6.92 Å². The molecular formula is C15H17NO4. The molecule has 1 aromatic rings. The zero-order valence-electron chi connectivity index (χ0n) is 11.4. The number of epoxide rings is 1. The second-order valence-electron chi connectivity index (χ2n) is 5.19. The number of carbonyl (C=O) groups is 2. The topological polar surface area (TPSA) is 59.1 Å². The molecule has 2 heterocycles. The van der Waals surface area contributed by atoms with Gasteiger partial charge < -0.3 is 14.4 Å². The number of anilines is 1. The van der Waals surface area contributed by atoms with Crippen molar-refractivity contribution in [3.8, 4) is 5.75 Å². The zero-order chi connectivity index (χ0) is 14.1. The van der Waals surface area contributed by atoms with Crippen LogP contribution >= 0.6 is 0 Å². The highest BCUT2D eigenvalue weighted by Crippen LogP contribution is 2.31. The van der Waals surface area contributed by atoms with Crippen molar-refractivity contribution >= 4 is 17.6 Å². The highest BCUT2D eigenvalue weighted by Gasteiger charge is 2.27. The van der Waals surface area contributed by atoms with Gasteiger partial charge in [-0.3, -0.25) is 9.59 Å². The quantitative estimate of drug-likeness (QED) is 0.476. The van der Waals surface area contributed by atoms with Crippen molar-refractivity contribution in [2.45, 2.75) is 32.3 Å². The van der Waals surface area contributed by atoms with Crippen molar-refractivity contribution in [1.82, 2.24) is 0 Å². The molecule has 0 bridgehead atoms. The largest absolute Gasteiger partial charge is 0.426 e. The van der Waals surface area contributed by atoms with Gasteiger partial charge in [-0.15, -0.1) is 0 Å². The maximum absolute atomic E-state index is 11.8. The highest BCUT2D eigenvalue weighted by atomic mass is 16.6. The number of carbonyl (C=O) groups excluding carboxylic acids is 2. The molecule has 1 aromatic carbocycles. The first kappa shape index (κ1) is 13.1. The van der Waals surface area contributed by atoms with Gasteiger partial charge in [0.2, 0.25) is 5.91 Å². The monoisotopic (exact) mass is 275 g/mol. The van der Waals surface area contributed by atoms with E-state index < -0.39 is 0 Å². The predicted molar refractivity (Wildman–Crippen MR) is 72.8 cm³/mol. The lowest BCUT2D eigenvalue weighted by Crippen LogP contribution is -2.23. The number of esters is 1. The molecule has 2 aliphatic rings. The molecule has 5 nitrogen and oxygen atoms in total. The molecule has 2 fully saturated rings. The lowest BCUT2D eigenvalue weighted by Gasteiger charge is -2.18. The number of nitrogens with zero attached hydrogens (tertiary/aromatic N) is 1. The molecule has 2 saturated heterocycles. The summed E-state index contributed by atoms with van der Waals surface area (Å²) in [7, 11) is 0. The number of benzene rings is 1. The molecule has 1 atom stereocenters. The van der Waals surface area contributed by atoms with Crippen LogP contribution in [0.15, 0.2) is 18.2 Å². The Bertz CT molecular complexity index is 551. The Morgan fingerprint density at radius 1 is 1.50 bits per heavy atom. The molecular weight excluding hydrogens is 258 g/mol. The van der Waals surface area contributed by atoms with Crippen LogP contribution in [0, 0.1) is 0 Å². The second kappa shape index (κ2) is 5.25. The summed E-state index contributed by atoms with van der Waals surface area (Å²) in [6.07, 6.45) is 2.41. The van der Waals surface area contributed by atoms with Crippen LogP contribution in [0.4, 0.5) is 5.69 Å². The van der Waals surface area contributed by atoms with Gasteiger partial charge in [-0.1, -0.05) is 0 Å². The zero-order valence-corrected chi connectivity index (χ0v) is 11.4. The van der Waals surface area contributed by atoms with Crippen LogP contribution in [-0.4, -0.2) is 31.1 Å². The van der Waals surface area contributed by atoms with Crippen LogP contribution in [0.2, 0.25) is 0 Å². The molecule has 0 spiro atoms. The maximum atomic E-state index is 11.8. The maximum Gasteiger partial charge on any atom is 0.308 e. The van der Waals surface area contributed by atoms with Gasteiger partial charge in [0.1, 0.15) is 5.75 Å². The molecule has 0 aromatic heterocycles. The van der Waals surface area contributed by atoms with Crippen LogP contribution in [0.25, 0.3) is 0 Å². The van der Waals surface area contributed by atoms with E-state index in [1.807, 2.05) is 12.1 Å². The number of rotatable bonds is 4. The van der Waals surface area contributed by atoms with Gasteiger partial charge in [-0.05, 0) is 30.2 Å². The van der Waals surface area contributed by atoms with Crippen LogP contribution in [-0.2, 0) is 20.7 Å². The summed E-state index contributed by atoms with van der Waals surface area (Å²) in [5.41, 5.74) is 1.79. The predicted octanol–water partition coefficient (Wildman–Crippen LogP) is 1.68. The standard InChI is InChI=1S/C15H17NO4/c1-10(17)20-14-5-4-12(16-6-2-3-15(16)18)7-11(14)8-13-9-19-13/h4-5,7,13H,2-3,6,8-9H2,1H3. The van der Waals surface area contributed by atoms with Gasteiger partial charge in [0.25, 0.3) is 0 Å². The fraction of sp³-hybridized carbons (Fsp3) is 0.467. The number of hydrogen-bond donors (Lipinski definition) is 0. The van der Waals surface area contributed by atoms with Gasteiger partial charge in [0, 0.05) is 32.0 Å². The van der Waals surface area contributed by atoms with Crippen LogP contribution in [0.3, 0.4) is 0 Å². The molecule has 3 rings (SSSR count). The fourth-order valence-electron chi connectivity index (χ4n) is 2.50. The van der Waals surface area contributed by atoms with E-state index in [-0.39, 0.29) is 18.0 Å². The summed E-state index contributed by atoms with van der Waals surface area (Å²) in [4.78, 5) is 24.7. The molecule has 0 radical (unpaired) electrons. The van der Waals surface area contributed by atoms with Gasteiger partial charge in [0.15, 0.2) is 0 Å². The van der Waals surface area contributed by atoms with Crippen LogP contribution in [0.1, 0.15) is 25.3 Å². The summed E-state index contributed by atoms with van der Waals surface area (Å²) < 4.78 is 10.5. The summed E-state index contributed by atoms with van der Waals surface area (Å²) >= 11 is 0. The van der Waals surface area contributed by atoms with Crippen LogP contribution in [0.5, 0.6) is 5.75 Å². The summed E-state index contributed by atoms with van der Waals surface area (Å²) in [6, 6.07) is 5.53. The molecule has 5 heteroatoms. The molecule has 2 aliphatic heterocycles. The van der Waals surface area contributed by atoms with Crippen molar-refractivity contribution in [2.75, 3.05) is 18.1 Å². The van der Waals surface area contributed by atoms with Crippen molar-refractivity contribution in [3.05, 3.63) is 23.8 Å². The van der Waals surface area contributed by atoms with Gasteiger partial charge in [-0.2, -0.15) is 0 Å².